The third-order valence-corrected chi connectivity index (χ3v) is 8.03. The summed E-state index contributed by atoms with van der Waals surface area (Å²) < 4.78 is 31.0. The van der Waals surface area contributed by atoms with Gasteiger partial charge in [-0.15, -0.1) is 0 Å². The van der Waals surface area contributed by atoms with Crippen LogP contribution in [0.5, 0.6) is 5.75 Å². The van der Waals surface area contributed by atoms with Gasteiger partial charge in [0.15, 0.2) is 9.84 Å². The number of hydrogen-bond acceptors (Lipinski definition) is 7. The number of rotatable bonds is 6. The van der Waals surface area contributed by atoms with Gasteiger partial charge in [-0.25, -0.2) is 8.42 Å². The van der Waals surface area contributed by atoms with E-state index in [0.717, 1.165) is 43.3 Å². The first kappa shape index (κ1) is 22.6. The molecule has 2 fully saturated rings. The number of aromatic nitrogens is 2. The van der Waals surface area contributed by atoms with Gasteiger partial charge in [-0.05, 0) is 32.4 Å². The maximum Gasteiger partial charge on any atom is 0.238 e. The first-order valence-corrected chi connectivity index (χ1v) is 12.8. The molecule has 2 aliphatic rings. The van der Waals surface area contributed by atoms with Crippen molar-refractivity contribution in [3.8, 4) is 5.75 Å². The molecule has 1 amide bonds. The van der Waals surface area contributed by atoms with Gasteiger partial charge in [-0.3, -0.25) is 14.4 Å². The summed E-state index contributed by atoms with van der Waals surface area (Å²) in [5, 5.41) is 7.61. The number of nitrogens with zero attached hydrogens (tertiary/aromatic N) is 4. The fourth-order valence-electron chi connectivity index (χ4n) is 4.71. The number of para-hydroxylation sites is 2. The summed E-state index contributed by atoms with van der Waals surface area (Å²) in [6, 6.07) is 7.30. The molecule has 2 aliphatic heterocycles. The molecule has 3 heterocycles. The number of sulfone groups is 1. The Labute approximate surface area is 189 Å². The van der Waals surface area contributed by atoms with Crippen molar-refractivity contribution in [2.45, 2.75) is 26.3 Å². The molecule has 1 aromatic heterocycles. The summed E-state index contributed by atoms with van der Waals surface area (Å²) >= 11 is 0. The number of methoxy groups -OCH3 is 1. The predicted molar refractivity (Wildman–Crippen MR) is 124 cm³/mol. The van der Waals surface area contributed by atoms with Gasteiger partial charge in [0.1, 0.15) is 5.75 Å². The SMILES string of the molecule is COc1ccccc1NC(=O)CN1CCN(c2c(C)nn(C3CCS(=O)(=O)C3)c2C)CC1. The summed E-state index contributed by atoms with van der Waals surface area (Å²) in [5.74, 6) is 0.985. The van der Waals surface area contributed by atoms with Gasteiger partial charge in [0.2, 0.25) is 5.91 Å². The van der Waals surface area contributed by atoms with Crippen LogP contribution >= 0.6 is 0 Å². The normalized spacial score (nSPS) is 21.0. The summed E-state index contributed by atoms with van der Waals surface area (Å²) in [7, 11) is -1.38. The third kappa shape index (κ3) is 4.75. The Hall–Kier alpha value is -2.59. The zero-order valence-corrected chi connectivity index (χ0v) is 19.7. The molecule has 0 radical (unpaired) electrons. The van der Waals surface area contributed by atoms with Gasteiger partial charge in [0.05, 0.1) is 54.0 Å². The van der Waals surface area contributed by atoms with Crippen LogP contribution in [0.3, 0.4) is 0 Å². The van der Waals surface area contributed by atoms with Crippen molar-refractivity contribution < 1.29 is 17.9 Å². The molecule has 2 aromatic rings. The highest BCUT2D eigenvalue weighted by Gasteiger charge is 2.32. The van der Waals surface area contributed by atoms with E-state index in [0.29, 0.717) is 24.4 Å². The Morgan fingerprint density at radius 1 is 1.19 bits per heavy atom. The summed E-state index contributed by atoms with van der Waals surface area (Å²) in [5.41, 5.74) is 3.71. The van der Waals surface area contributed by atoms with E-state index in [1.54, 1.807) is 7.11 Å². The second kappa shape index (κ2) is 9.11. The van der Waals surface area contributed by atoms with Crippen molar-refractivity contribution in [3.05, 3.63) is 35.7 Å². The van der Waals surface area contributed by atoms with E-state index < -0.39 is 9.84 Å². The number of piperazine rings is 1. The highest BCUT2D eigenvalue weighted by atomic mass is 32.2. The van der Waals surface area contributed by atoms with Crippen LogP contribution in [0, 0.1) is 13.8 Å². The van der Waals surface area contributed by atoms with E-state index in [9.17, 15) is 13.2 Å². The fraction of sp³-hybridized carbons (Fsp3) is 0.545. The predicted octanol–water partition coefficient (Wildman–Crippen LogP) is 1.63. The Balaban J connectivity index is 1.35. The number of carbonyl (C=O) groups is 1. The van der Waals surface area contributed by atoms with Crippen molar-refractivity contribution in [1.82, 2.24) is 14.7 Å². The highest BCUT2D eigenvalue weighted by Crippen LogP contribution is 2.31. The average Bonchev–Trinajstić information content (AvgIpc) is 3.27. The molecule has 0 saturated carbocycles. The standard InChI is InChI=1S/C22H31N5O4S/c1-16-22(17(2)27(24-16)18-8-13-32(29,30)15-18)26-11-9-25(10-12-26)14-21(28)23-19-6-4-5-7-20(19)31-3/h4-7,18H,8-15H2,1-3H3,(H,23,28). The minimum Gasteiger partial charge on any atom is -0.495 e. The second-order valence-corrected chi connectivity index (χ2v) is 10.8. The fourth-order valence-corrected chi connectivity index (χ4v) is 6.40. The minimum atomic E-state index is -2.96. The molecule has 1 N–H and O–H groups in total. The van der Waals surface area contributed by atoms with Crippen LogP contribution in [0.25, 0.3) is 0 Å². The van der Waals surface area contributed by atoms with Crippen LogP contribution in [0.2, 0.25) is 0 Å². The van der Waals surface area contributed by atoms with Crippen molar-refractivity contribution in [1.29, 1.82) is 0 Å². The largest absolute Gasteiger partial charge is 0.495 e. The molecule has 1 atom stereocenters. The number of carbonyl (C=O) groups excluding carboxylic acids is 1. The number of aryl methyl sites for hydroxylation is 1. The van der Waals surface area contributed by atoms with E-state index >= 15 is 0 Å². The second-order valence-electron chi connectivity index (χ2n) is 8.53. The molecular formula is C22H31N5O4S. The molecule has 1 aromatic carbocycles. The smallest absolute Gasteiger partial charge is 0.238 e. The monoisotopic (exact) mass is 461 g/mol. The number of ether oxygens (including phenoxy) is 1. The molecular weight excluding hydrogens is 430 g/mol. The number of benzene rings is 1. The maximum atomic E-state index is 12.5. The van der Waals surface area contributed by atoms with Crippen molar-refractivity contribution in [2.24, 2.45) is 0 Å². The van der Waals surface area contributed by atoms with Crippen LogP contribution in [-0.4, -0.2) is 80.3 Å². The van der Waals surface area contributed by atoms with Gasteiger partial charge < -0.3 is 15.0 Å². The lowest BCUT2D eigenvalue weighted by atomic mass is 10.2. The molecule has 10 heteroatoms. The first-order valence-electron chi connectivity index (χ1n) is 10.9. The zero-order chi connectivity index (χ0) is 22.9. The Bertz CT molecular complexity index is 1090. The van der Waals surface area contributed by atoms with Crippen LogP contribution in [0.15, 0.2) is 24.3 Å². The van der Waals surface area contributed by atoms with Crippen molar-refractivity contribution in [3.63, 3.8) is 0 Å². The lowest BCUT2D eigenvalue weighted by Gasteiger charge is -2.36. The molecule has 32 heavy (non-hydrogen) atoms. The van der Waals surface area contributed by atoms with E-state index in [1.807, 2.05) is 42.8 Å². The van der Waals surface area contributed by atoms with Gasteiger partial charge in [0, 0.05) is 26.2 Å². The lowest BCUT2D eigenvalue weighted by molar-refractivity contribution is -0.117. The molecule has 0 bridgehead atoms. The summed E-state index contributed by atoms with van der Waals surface area (Å²) in [4.78, 5) is 17.0. The molecule has 4 rings (SSSR count). The molecule has 2 saturated heterocycles. The molecule has 174 valence electrons. The first-order chi connectivity index (χ1) is 15.3. The van der Waals surface area contributed by atoms with Gasteiger partial charge in [-0.1, -0.05) is 12.1 Å². The molecule has 0 aliphatic carbocycles. The number of nitrogens with one attached hydrogen (secondary N) is 1. The summed E-state index contributed by atoms with van der Waals surface area (Å²) in [6.07, 6.45) is 0.624. The minimum absolute atomic E-state index is 0.0643. The topological polar surface area (TPSA) is 96.8 Å². The van der Waals surface area contributed by atoms with Crippen LogP contribution < -0.4 is 15.0 Å². The van der Waals surface area contributed by atoms with E-state index in [-0.39, 0.29) is 23.5 Å². The Morgan fingerprint density at radius 2 is 1.91 bits per heavy atom. The van der Waals surface area contributed by atoms with Gasteiger partial charge in [0.25, 0.3) is 0 Å². The van der Waals surface area contributed by atoms with Crippen LogP contribution in [0.4, 0.5) is 11.4 Å². The molecule has 9 nitrogen and oxygen atoms in total. The molecule has 0 spiro atoms. The Kier molecular flexibility index (Phi) is 6.43. The van der Waals surface area contributed by atoms with Crippen molar-refractivity contribution >= 4 is 27.1 Å². The van der Waals surface area contributed by atoms with Crippen molar-refractivity contribution in [2.75, 3.05) is 61.6 Å². The number of anilines is 2. The van der Waals surface area contributed by atoms with Crippen LogP contribution in [-0.2, 0) is 14.6 Å². The average molecular weight is 462 g/mol. The van der Waals surface area contributed by atoms with E-state index in [2.05, 4.69) is 20.2 Å². The van der Waals surface area contributed by atoms with Crippen LogP contribution in [0.1, 0.15) is 23.9 Å². The lowest BCUT2D eigenvalue weighted by Crippen LogP contribution is -2.49. The zero-order valence-electron chi connectivity index (χ0n) is 18.9. The maximum absolute atomic E-state index is 12.5. The van der Waals surface area contributed by atoms with Gasteiger partial charge >= 0.3 is 0 Å². The van der Waals surface area contributed by atoms with E-state index in [1.165, 1.54) is 0 Å². The number of hydrogen-bond donors (Lipinski definition) is 1. The van der Waals surface area contributed by atoms with E-state index in [4.69, 9.17) is 4.74 Å². The summed E-state index contributed by atoms with van der Waals surface area (Å²) in [6.45, 7) is 7.44. The highest BCUT2D eigenvalue weighted by molar-refractivity contribution is 7.91. The number of amides is 1. The van der Waals surface area contributed by atoms with Gasteiger partial charge in [-0.2, -0.15) is 5.10 Å². The third-order valence-electron chi connectivity index (χ3n) is 6.28. The quantitative estimate of drug-likeness (QED) is 0.698. The Morgan fingerprint density at radius 3 is 2.56 bits per heavy atom. The molecule has 1 unspecified atom stereocenters.